The van der Waals surface area contributed by atoms with Gasteiger partial charge in [0, 0.05) is 6.92 Å². The van der Waals surface area contributed by atoms with Crippen molar-refractivity contribution >= 4 is 5.97 Å². The minimum atomic E-state index is -0.794. The van der Waals surface area contributed by atoms with Crippen molar-refractivity contribution in [2.24, 2.45) is 0 Å². The Morgan fingerprint density at radius 1 is 1.38 bits per heavy atom. The molecule has 86 valence electrons. The fraction of sp³-hybridized carbons (Fsp3) is 0.308. The summed E-state index contributed by atoms with van der Waals surface area (Å²) in [5, 5.41) is 0. The molecule has 16 heavy (non-hydrogen) atoms. The van der Waals surface area contributed by atoms with Gasteiger partial charge in [-0.25, -0.2) is 0 Å². The summed E-state index contributed by atoms with van der Waals surface area (Å²) in [4.78, 5) is 11.0. The Labute approximate surface area is 95.7 Å². The number of methoxy groups -OCH3 is 1. The lowest BCUT2D eigenvalue weighted by atomic mass is 9.96. The molecular weight excluding hydrogens is 204 g/mol. The van der Waals surface area contributed by atoms with Gasteiger partial charge in [-0.05, 0) is 30.7 Å². The molecule has 0 aromatic heterocycles. The Kier molecular flexibility index (Phi) is 3.72. The molecular formula is C13H16O3. The van der Waals surface area contributed by atoms with E-state index >= 15 is 0 Å². The molecule has 0 aliphatic heterocycles. The lowest BCUT2D eigenvalue weighted by Gasteiger charge is -2.26. The van der Waals surface area contributed by atoms with Crippen LogP contribution >= 0.6 is 0 Å². The number of ether oxygens (including phenoxy) is 2. The van der Waals surface area contributed by atoms with Crippen LogP contribution in [-0.4, -0.2) is 13.1 Å². The summed E-state index contributed by atoms with van der Waals surface area (Å²) in [6, 6.07) is 7.34. The highest BCUT2D eigenvalue weighted by atomic mass is 16.6. The molecule has 3 heteroatoms. The van der Waals surface area contributed by atoms with E-state index in [2.05, 4.69) is 6.58 Å². The second-order valence-electron chi connectivity index (χ2n) is 3.63. The van der Waals surface area contributed by atoms with Crippen molar-refractivity contribution in [2.75, 3.05) is 7.11 Å². The second kappa shape index (κ2) is 4.84. The van der Waals surface area contributed by atoms with E-state index in [4.69, 9.17) is 9.47 Å². The monoisotopic (exact) mass is 220 g/mol. The van der Waals surface area contributed by atoms with Gasteiger partial charge in [0.25, 0.3) is 0 Å². The number of hydrogen-bond acceptors (Lipinski definition) is 3. The lowest BCUT2D eigenvalue weighted by molar-refractivity contribution is -0.151. The van der Waals surface area contributed by atoms with Crippen LogP contribution in [0.4, 0.5) is 0 Å². The van der Waals surface area contributed by atoms with E-state index in [1.54, 1.807) is 20.1 Å². The summed E-state index contributed by atoms with van der Waals surface area (Å²) in [6.45, 7) is 6.87. The average Bonchev–Trinajstić information content (AvgIpc) is 2.28. The summed E-state index contributed by atoms with van der Waals surface area (Å²) < 4.78 is 10.3. The van der Waals surface area contributed by atoms with Crippen molar-refractivity contribution in [2.45, 2.75) is 19.4 Å². The molecule has 0 aliphatic rings. The molecule has 0 bridgehead atoms. The van der Waals surface area contributed by atoms with E-state index in [0.717, 1.165) is 11.3 Å². The first-order chi connectivity index (χ1) is 7.51. The third kappa shape index (κ3) is 2.63. The first-order valence-corrected chi connectivity index (χ1v) is 4.99. The molecule has 0 saturated carbocycles. The first-order valence-electron chi connectivity index (χ1n) is 4.99. The Balaban J connectivity index is 3.02. The van der Waals surface area contributed by atoms with Crippen LogP contribution in [0.2, 0.25) is 0 Å². The number of carbonyl (C=O) groups is 1. The van der Waals surface area contributed by atoms with E-state index in [1.165, 1.54) is 6.92 Å². The maximum atomic E-state index is 11.0. The molecule has 0 N–H and O–H groups in total. The quantitative estimate of drug-likeness (QED) is 0.578. The van der Waals surface area contributed by atoms with Crippen LogP contribution in [-0.2, 0) is 15.1 Å². The first kappa shape index (κ1) is 12.3. The van der Waals surface area contributed by atoms with Crippen molar-refractivity contribution < 1.29 is 14.3 Å². The van der Waals surface area contributed by atoms with Crippen molar-refractivity contribution in [3.05, 3.63) is 42.5 Å². The standard InChI is InChI=1S/C13H16O3/c1-5-13(3,16-10(2)14)11-6-8-12(15-4)9-7-11/h5-9H,1H2,2-4H3. The van der Waals surface area contributed by atoms with Gasteiger partial charge in [-0.2, -0.15) is 0 Å². The van der Waals surface area contributed by atoms with Crippen LogP contribution in [0.25, 0.3) is 0 Å². The zero-order valence-electron chi connectivity index (χ0n) is 9.82. The Morgan fingerprint density at radius 2 is 1.94 bits per heavy atom. The number of benzene rings is 1. The van der Waals surface area contributed by atoms with Gasteiger partial charge < -0.3 is 9.47 Å². The van der Waals surface area contributed by atoms with Crippen molar-refractivity contribution in [3.63, 3.8) is 0 Å². The molecule has 0 spiro atoms. The second-order valence-corrected chi connectivity index (χ2v) is 3.63. The molecule has 0 aliphatic carbocycles. The molecule has 0 radical (unpaired) electrons. The predicted molar refractivity (Wildman–Crippen MR) is 62.3 cm³/mol. The van der Waals surface area contributed by atoms with Crippen LogP contribution in [0.5, 0.6) is 5.75 Å². The fourth-order valence-electron chi connectivity index (χ4n) is 1.44. The number of carbonyl (C=O) groups excluding carboxylic acids is 1. The molecule has 0 amide bonds. The van der Waals surface area contributed by atoms with E-state index in [0.29, 0.717) is 0 Å². The van der Waals surface area contributed by atoms with Crippen molar-refractivity contribution in [1.82, 2.24) is 0 Å². The number of hydrogen-bond donors (Lipinski definition) is 0. The third-order valence-corrected chi connectivity index (χ3v) is 2.41. The van der Waals surface area contributed by atoms with Crippen LogP contribution in [0.15, 0.2) is 36.9 Å². The third-order valence-electron chi connectivity index (χ3n) is 2.41. The molecule has 1 rings (SSSR count). The molecule has 0 heterocycles. The van der Waals surface area contributed by atoms with Gasteiger partial charge in [0.1, 0.15) is 5.75 Å². The van der Waals surface area contributed by atoms with Gasteiger partial charge in [0.2, 0.25) is 0 Å². The number of rotatable bonds is 4. The smallest absolute Gasteiger partial charge is 0.303 e. The summed E-state index contributed by atoms with van der Waals surface area (Å²) in [7, 11) is 1.60. The molecule has 1 aromatic carbocycles. The Morgan fingerprint density at radius 3 is 2.31 bits per heavy atom. The highest BCUT2D eigenvalue weighted by Crippen LogP contribution is 2.28. The molecule has 1 atom stereocenters. The zero-order valence-corrected chi connectivity index (χ0v) is 9.82. The molecule has 1 aromatic rings. The summed E-state index contributed by atoms with van der Waals surface area (Å²) >= 11 is 0. The maximum absolute atomic E-state index is 11.0. The van der Waals surface area contributed by atoms with Crippen molar-refractivity contribution in [1.29, 1.82) is 0 Å². The van der Waals surface area contributed by atoms with E-state index in [-0.39, 0.29) is 5.97 Å². The largest absolute Gasteiger partial charge is 0.497 e. The highest BCUT2D eigenvalue weighted by molar-refractivity contribution is 5.67. The lowest BCUT2D eigenvalue weighted by Crippen LogP contribution is -2.25. The van der Waals surface area contributed by atoms with E-state index in [9.17, 15) is 4.79 Å². The highest BCUT2D eigenvalue weighted by Gasteiger charge is 2.26. The Bertz CT molecular complexity index is 381. The summed E-state index contributed by atoms with van der Waals surface area (Å²) in [5.41, 5.74) is 0.0662. The fourth-order valence-corrected chi connectivity index (χ4v) is 1.44. The van der Waals surface area contributed by atoms with Crippen LogP contribution in [0.1, 0.15) is 19.4 Å². The maximum Gasteiger partial charge on any atom is 0.303 e. The molecule has 3 nitrogen and oxygen atoms in total. The SMILES string of the molecule is C=CC(C)(OC(C)=O)c1ccc(OC)cc1. The van der Waals surface area contributed by atoms with Gasteiger partial charge in [-0.1, -0.05) is 18.7 Å². The van der Waals surface area contributed by atoms with Gasteiger partial charge >= 0.3 is 5.97 Å². The van der Waals surface area contributed by atoms with Gasteiger partial charge in [-0.15, -0.1) is 0 Å². The molecule has 0 saturated heterocycles. The zero-order chi connectivity index (χ0) is 12.2. The van der Waals surface area contributed by atoms with Crippen molar-refractivity contribution in [3.8, 4) is 5.75 Å². The molecule has 1 unspecified atom stereocenters. The average molecular weight is 220 g/mol. The number of esters is 1. The van der Waals surface area contributed by atoms with Gasteiger partial charge in [0.15, 0.2) is 5.60 Å². The molecule has 0 fully saturated rings. The summed E-state index contributed by atoms with van der Waals surface area (Å²) in [5.74, 6) is 0.427. The van der Waals surface area contributed by atoms with Crippen LogP contribution in [0.3, 0.4) is 0 Å². The van der Waals surface area contributed by atoms with Crippen LogP contribution in [0, 0.1) is 0 Å². The van der Waals surface area contributed by atoms with E-state index < -0.39 is 5.60 Å². The predicted octanol–water partition coefficient (Wildman–Crippen LogP) is 2.66. The normalized spacial score (nSPS) is 13.7. The van der Waals surface area contributed by atoms with Gasteiger partial charge in [-0.3, -0.25) is 4.79 Å². The minimum absolute atomic E-state index is 0.335. The Hall–Kier alpha value is -1.77. The summed E-state index contributed by atoms with van der Waals surface area (Å²) in [6.07, 6.45) is 1.61. The van der Waals surface area contributed by atoms with E-state index in [1.807, 2.05) is 24.3 Å². The van der Waals surface area contributed by atoms with Gasteiger partial charge in [0.05, 0.1) is 7.11 Å². The topological polar surface area (TPSA) is 35.5 Å². The minimum Gasteiger partial charge on any atom is -0.497 e. The van der Waals surface area contributed by atoms with Crippen LogP contribution < -0.4 is 4.74 Å².